The molecule has 2 aromatic carbocycles. The van der Waals surface area contributed by atoms with E-state index < -0.39 is 0 Å². The molecule has 0 aromatic heterocycles. The fourth-order valence-electron chi connectivity index (χ4n) is 4.07. The molecule has 0 radical (unpaired) electrons. The number of nitrogens with one attached hydrogen (secondary N) is 1. The number of nitrogens with zero attached hydrogens (tertiary/aromatic N) is 1. The van der Waals surface area contributed by atoms with E-state index in [0.29, 0.717) is 17.3 Å². The van der Waals surface area contributed by atoms with Gasteiger partial charge in [-0.2, -0.15) is 0 Å². The highest BCUT2D eigenvalue weighted by Gasteiger charge is 2.29. The molecule has 0 spiro atoms. The number of hydrogen-bond acceptors (Lipinski definition) is 3. The number of nitrogens with two attached hydrogens (primary N) is 1. The third-order valence-corrected chi connectivity index (χ3v) is 6.19. The van der Waals surface area contributed by atoms with Crippen LogP contribution in [-0.4, -0.2) is 26.5 Å². The molecule has 1 saturated carbocycles. The average molecular weight is 448 g/mol. The van der Waals surface area contributed by atoms with Crippen molar-refractivity contribution >= 4 is 28.9 Å². The molecular formula is C25H35ClFN3O. The summed E-state index contributed by atoms with van der Waals surface area (Å²) in [5.74, 6) is 0.233. The smallest absolute Gasteiger partial charge is 0.229 e. The molecule has 0 atom stereocenters. The summed E-state index contributed by atoms with van der Waals surface area (Å²) in [4.78, 5) is 14.6. The largest absolute Gasteiger partial charge is 0.383 e. The van der Waals surface area contributed by atoms with E-state index in [2.05, 4.69) is 30.1 Å². The maximum atomic E-state index is 14.4. The fourth-order valence-corrected chi connectivity index (χ4v) is 4.19. The van der Waals surface area contributed by atoms with E-state index in [1.54, 1.807) is 18.0 Å². The Morgan fingerprint density at radius 1 is 1.13 bits per heavy atom. The summed E-state index contributed by atoms with van der Waals surface area (Å²) < 4.78 is 14.4. The lowest BCUT2D eigenvalue weighted by Crippen LogP contribution is -2.34. The molecule has 3 rings (SSSR count). The van der Waals surface area contributed by atoms with Gasteiger partial charge in [-0.25, -0.2) is 4.39 Å². The molecule has 170 valence electrons. The Kier molecular flexibility index (Phi) is 10.3. The molecule has 1 fully saturated rings. The van der Waals surface area contributed by atoms with Gasteiger partial charge in [0.1, 0.15) is 5.82 Å². The average Bonchev–Trinajstić information content (AvgIpc) is 2.81. The third kappa shape index (κ3) is 6.94. The highest BCUT2D eigenvalue weighted by molar-refractivity contribution is 6.30. The first-order valence-electron chi connectivity index (χ1n) is 11.1. The molecule has 0 saturated heterocycles. The Labute approximate surface area is 191 Å². The number of rotatable bonds is 7. The molecular weight excluding hydrogens is 413 g/mol. The SMILES string of the molecule is CCCCNc1ccc(N(C)C(=O)C2CCC(c3ccc(Cl)cc3)CC2)cc1F.CN. The van der Waals surface area contributed by atoms with Crippen molar-refractivity contribution in [1.82, 2.24) is 0 Å². The van der Waals surface area contributed by atoms with Crippen molar-refractivity contribution in [3.63, 3.8) is 0 Å². The van der Waals surface area contributed by atoms with Crippen LogP contribution in [0, 0.1) is 11.7 Å². The van der Waals surface area contributed by atoms with Crippen LogP contribution in [0.25, 0.3) is 0 Å². The topological polar surface area (TPSA) is 58.4 Å². The molecule has 1 aliphatic carbocycles. The first-order valence-corrected chi connectivity index (χ1v) is 11.5. The standard InChI is InChI=1S/C24H30ClFN2O.CH5N/c1-3-4-15-27-23-14-13-21(16-22(23)26)28(2)24(29)19-7-5-17(6-8-19)18-9-11-20(25)12-10-18;1-2/h9-14,16-17,19,27H,3-8,15H2,1-2H3;2H2,1H3. The van der Waals surface area contributed by atoms with Gasteiger partial charge in [0.2, 0.25) is 5.91 Å². The minimum absolute atomic E-state index is 0.00559. The van der Waals surface area contributed by atoms with Gasteiger partial charge in [0.25, 0.3) is 0 Å². The molecule has 0 heterocycles. The van der Waals surface area contributed by atoms with E-state index in [-0.39, 0.29) is 17.6 Å². The zero-order valence-corrected chi connectivity index (χ0v) is 19.6. The molecule has 2 aromatic rings. The van der Waals surface area contributed by atoms with Crippen molar-refractivity contribution in [2.45, 2.75) is 51.4 Å². The van der Waals surface area contributed by atoms with Crippen LogP contribution in [0.4, 0.5) is 15.8 Å². The lowest BCUT2D eigenvalue weighted by Gasteiger charge is -2.31. The summed E-state index contributed by atoms with van der Waals surface area (Å²) >= 11 is 5.98. The van der Waals surface area contributed by atoms with Gasteiger partial charge in [-0.15, -0.1) is 0 Å². The maximum Gasteiger partial charge on any atom is 0.229 e. The Balaban J connectivity index is 0.00000166. The zero-order chi connectivity index (χ0) is 22.8. The fraction of sp³-hybridized carbons (Fsp3) is 0.480. The van der Waals surface area contributed by atoms with Gasteiger partial charge in [0, 0.05) is 30.2 Å². The second kappa shape index (κ2) is 12.7. The lowest BCUT2D eigenvalue weighted by molar-refractivity contribution is -0.123. The van der Waals surface area contributed by atoms with Crippen molar-refractivity contribution in [2.75, 3.05) is 30.9 Å². The number of carbonyl (C=O) groups excluding carboxylic acids is 1. The number of carbonyl (C=O) groups is 1. The number of amides is 1. The van der Waals surface area contributed by atoms with Crippen molar-refractivity contribution < 1.29 is 9.18 Å². The summed E-state index contributed by atoms with van der Waals surface area (Å²) in [6, 6.07) is 13.0. The third-order valence-electron chi connectivity index (χ3n) is 5.93. The van der Waals surface area contributed by atoms with Crippen LogP contribution in [0.15, 0.2) is 42.5 Å². The number of unbranched alkanes of at least 4 members (excludes halogenated alkanes) is 1. The van der Waals surface area contributed by atoms with Crippen LogP contribution in [0.3, 0.4) is 0 Å². The van der Waals surface area contributed by atoms with Crippen molar-refractivity contribution in [3.05, 3.63) is 58.9 Å². The van der Waals surface area contributed by atoms with Crippen LogP contribution in [0.2, 0.25) is 5.02 Å². The highest BCUT2D eigenvalue weighted by Crippen LogP contribution is 2.37. The van der Waals surface area contributed by atoms with E-state index in [1.807, 2.05) is 18.2 Å². The summed E-state index contributed by atoms with van der Waals surface area (Å²) in [6.07, 6.45) is 5.74. The second-order valence-corrected chi connectivity index (χ2v) is 8.38. The Morgan fingerprint density at radius 2 is 1.77 bits per heavy atom. The van der Waals surface area contributed by atoms with E-state index in [1.165, 1.54) is 18.7 Å². The van der Waals surface area contributed by atoms with Gasteiger partial charge in [0.15, 0.2) is 0 Å². The van der Waals surface area contributed by atoms with Crippen LogP contribution in [0.5, 0.6) is 0 Å². The van der Waals surface area contributed by atoms with E-state index in [9.17, 15) is 9.18 Å². The van der Waals surface area contributed by atoms with Crippen molar-refractivity contribution in [1.29, 1.82) is 0 Å². The molecule has 1 amide bonds. The maximum absolute atomic E-state index is 14.4. The monoisotopic (exact) mass is 447 g/mol. The normalized spacial score (nSPS) is 18.0. The predicted octanol–water partition coefficient (Wildman–Crippen LogP) is 6.20. The molecule has 0 unspecified atom stereocenters. The van der Waals surface area contributed by atoms with Gasteiger partial charge in [-0.3, -0.25) is 4.79 Å². The first-order chi connectivity index (χ1) is 15.0. The molecule has 6 heteroatoms. The number of hydrogen-bond donors (Lipinski definition) is 2. The molecule has 1 aliphatic rings. The van der Waals surface area contributed by atoms with Gasteiger partial charge < -0.3 is 16.0 Å². The summed E-state index contributed by atoms with van der Waals surface area (Å²) in [5, 5.41) is 3.86. The number of benzene rings is 2. The van der Waals surface area contributed by atoms with Crippen LogP contribution >= 0.6 is 11.6 Å². The second-order valence-electron chi connectivity index (χ2n) is 7.94. The Hall–Kier alpha value is -2.11. The minimum Gasteiger partial charge on any atom is -0.383 e. The molecule has 0 bridgehead atoms. The van der Waals surface area contributed by atoms with Crippen LogP contribution in [-0.2, 0) is 4.79 Å². The van der Waals surface area contributed by atoms with Gasteiger partial charge in [-0.1, -0.05) is 37.1 Å². The van der Waals surface area contributed by atoms with Crippen LogP contribution in [0.1, 0.15) is 56.9 Å². The first kappa shape index (κ1) is 25.2. The molecule has 3 N–H and O–H groups in total. The summed E-state index contributed by atoms with van der Waals surface area (Å²) in [7, 11) is 3.24. The van der Waals surface area contributed by atoms with Crippen molar-refractivity contribution in [3.8, 4) is 0 Å². The number of anilines is 2. The zero-order valence-electron chi connectivity index (χ0n) is 18.8. The highest BCUT2D eigenvalue weighted by atomic mass is 35.5. The van der Waals surface area contributed by atoms with E-state index >= 15 is 0 Å². The molecule has 0 aliphatic heterocycles. The molecule has 31 heavy (non-hydrogen) atoms. The predicted molar refractivity (Wildman–Crippen MR) is 129 cm³/mol. The van der Waals surface area contributed by atoms with Gasteiger partial charge >= 0.3 is 0 Å². The minimum atomic E-state index is -0.315. The van der Waals surface area contributed by atoms with Gasteiger partial charge in [-0.05, 0) is 81.0 Å². The Morgan fingerprint density at radius 3 is 2.35 bits per heavy atom. The number of halogens is 2. The van der Waals surface area contributed by atoms with Crippen LogP contribution < -0.4 is 16.0 Å². The van der Waals surface area contributed by atoms with Gasteiger partial charge in [0.05, 0.1) is 5.69 Å². The summed E-state index contributed by atoms with van der Waals surface area (Å²) in [6.45, 7) is 2.85. The van der Waals surface area contributed by atoms with E-state index in [4.69, 9.17) is 11.6 Å². The molecule has 4 nitrogen and oxygen atoms in total. The lowest BCUT2D eigenvalue weighted by atomic mass is 9.78. The summed E-state index contributed by atoms with van der Waals surface area (Å²) in [5.41, 5.74) is 6.89. The van der Waals surface area contributed by atoms with E-state index in [0.717, 1.165) is 50.1 Å². The quantitative estimate of drug-likeness (QED) is 0.496. The van der Waals surface area contributed by atoms with Crippen molar-refractivity contribution in [2.24, 2.45) is 11.7 Å². The Bertz CT molecular complexity index is 820.